The lowest BCUT2D eigenvalue weighted by Gasteiger charge is -2.32. The van der Waals surface area contributed by atoms with Crippen LogP contribution in [-0.2, 0) is 35.0 Å². The number of ether oxygens (including phenoxy) is 2. The number of hydrogen-bond acceptors (Lipinski definition) is 12. The number of nitrogens with zero attached hydrogens (tertiary/aromatic N) is 3. The number of nitriles is 1. The van der Waals surface area contributed by atoms with Crippen molar-refractivity contribution < 1.29 is 45.1 Å². The highest BCUT2D eigenvalue weighted by atomic mass is 35.5. The number of halogens is 1. The number of rotatable bonds is 18. The number of aryl methyl sites for hydroxylation is 1. The van der Waals surface area contributed by atoms with E-state index in [0.717, 1.165) is 18.2 Å². The third-order valence-electron chi connectivity index (χ3n) is 12.5. The van der Waals surface area contributed by atoms with Crippen molar-refractivity contribution in [2.45, 2.75) is 90.7 Å². The van der Waals surface area contributed by atoms with E-state index in [1.807, 2.05) is 25.1 Å². The minimum absolute atomic E-state index is 0.00548. The minimum Gasteiger partial charge on any atom is -0.497 e. The fourth-order valence-corrected chi connectivity index (χ4v) is 11.3. The number of aromatic nitrogens is 1. The molecule has 0 saturated heterocycles. The molecule has 0 radical (unpaired) electrons. The summed E-state index contributed by atoms with van der Waals surface area (Å²) in [5, 5.41) is 13.5. The number of amides is 2. The quantitative estimate of drug-likeness (QED) is 0.0414. The number of anilines is 4. The van der Waals surface area contributed by atoms with Crippen molar-refractivity contribution in [3.8, 4) is 11.8 Å². The molecule has 2 atom stereocenters. The summed E-state index contributed by atoms with van der Waals surface area (Å²) in [6.45, 7) is 16.4. The fourth-order valence-electron chi connectivity index (χ4n) is 9.07. The van der Waals surface area contributed by atoms with Gasteiger partial charge in [0.05, 0.1) is 35.5 Å². The lowest BCUT2D eigenvalue weighted by atomic mass is 9.72. The molecule has 396 valence electrons. The second kappa shape index (κ2) is 22.2. The van der Waals surface area contributed by atoms with Gasteiger partial charge in [-0.3, -0.25) is 23.9 Å². The van der Waals surface area contributed by atoms with Crippen molar-refractivity contribution in [1.82, 2.24) is 4.98 Å². The minimum atomic E-state index is -4.57. The molecule has 76 heavy (non-hydrogen) atoms. The van der Waals surface area contributed by atoms with Gasteiger partial charge in [-0.25, -0.2) is 26.6 Å². The summed E-state index contributed by atoms with van der Waals surface area (Å²) in [5.41, 5.74) is 3.56. The fraction of sp³-hybridized carbons (Fsp3) is 0.281. The summed E-state index contributed by atoms with van der Waals surface area (Å²) in [5.74, 6) is -1.47. The van der Waals surface area contributed by atoms with Gasteiger partial charge < -0.3 is 19.2 Å². The van der Waals surface area contributed by atoms with Crippen LogP contribution in [0, 0.1) is 23.7 Å². The average molecular weight is 1090 g/mol. The highest BCUT2D eigenvalue weighted by molar-refractivity contribution is 7.93. The molecule has 0 spiro atoms. The number of fused-ring (bicyclic) bond motifs is 2. The zero-order chi connectivity index (χ0) is 55.5. The maximum Gasteiger partial charge on any atom is 0.415 e. The van der Waals surface area contributed by atoms with Gasteiger partial charge in [-0.15, -0.1) is 0 Å². The molecule has 7 aromatic rings. The number of hydrogen-bond donors (Lipinski definition) is 3. The van der Waals surface area contributed by atoms with Gasteiger partial charge in [-0.1, -0.05) is 95.6 Å². The van der Waals surface area contributed by atoms with Crippen molar-refractivity contribution in [3.63, 3.8) is 0 Å². The molecule has 0 aliphatic rings. The number of carbonyl (C=O) groups is 3. The number of nitrogens with one attached hydrogen (secondary N) is 3. The van der Waals surface area contributed by atoms with E-state index in [1.165, 1.54) is 66.6 Å². The van der Waals surface area contributed by atoms with Gasteiger partial charge in [0.1, 0.15) is 27.8 Å². The SMILES string of the molecule is CCC(C)N(C(=O)OC(C(=O)Nc1cc(NS(=O)(=O)c2c(NS(C)(=O)=O)ccc3ccccc23)ccc1Cl)C(=O)c1ccc(OC)cc1)c1ccc(C=C(C#N)c2nc3cc(C(C)(C)CC(C)(C)C)ccc3o2)c(C)c1. The Hall–Kier alpha value is -7.72. The molecule has 0 aliphatic heterocycles. The van der Waals surface area contributed by atoms with Crippen molar-refractivity contribution >= 4 is 106 Å². The average Bonchev–Trinajstić information content (AvgIpc) is 3.78. The van der Waals surface area contributed by atoms with Gasteiger partial charge in [-0.2, -0.15) is 5.26 Å². The maximum absolute atomic E-state index is 14.5. The molecule has 0 saturated carbocycles. The Kier molecular flexibility index (Phi) is 16.4. The predicted octanol–water partition coefficient (Wildman–Crippen LogP) is 12.5. The van der Waals surface area contributed by atoms with E-state index in [9.17, 15) is 36.5 Å². The van der Waals surface area contributed by atoms with Gasteiger partial charge in [-0.05, 0) is 138 Å². The molecular weight excluding hydrogens is 1030 g/mol. The zero-order valence-electron chi connectivity index (χ0n) is 43.7. The number of ketones is 1. The van der Waals surface area contributed by atoms with Crippen molar-refractivity contribution in [3.05, 3.63) is 148 Å². The first-order valence-corrected chi connectivity index (χ1v) is 27.9. The summed E-state index contributed by atoms with van der Waals surface area (Å²) < 4.78 is 75.0. The van der Waals surface area contributed by atoms with Crippen LogP contribution in [0.3, 0.4) is 0 Å². The van der Waals surface area contributed by atoms with E-state index >= 15 is 0 Å². The second-order valence-electron chi connectivity index (χ2n) is 20.3. The number of methoxy groups -OCH3 is 1. The number of Topliss-reactive ketones (excluding diaryl/α,β-unsaturated/α-hetero) is 1. The summed E-state index contributed by atoms with van der Waals surface area (Å²) in [6.07, 6.45) is 0.733. The Labute approximate surface area is 448 Å². The Balaban J connectivity index is 1.18. The van der Waals surface area contributed by atoms with E-state index in [-0.39, 0.29) is 60.2 Å². The van der Waals surface area contributed by atoms with Gasteiger partial charge in [0, 0.05) is 22.7 Å². The number of oxazole rings is 1. The molecule has 16 nitrogen and oxygen atoms in total. The highest BCUT2D eigenvalue weighted by Gasteiger charge is 2.36. The molecule has 3 N–H and O–H groups in total. The molecule has 1 heterocycles. The summed E-state index contributed by atoms with van der Waals surface area (Å²) in [4.78, 5) is 49.0. The molecule has 0 bridgehead atoms. The second-order valence-corrected chi connectivity index (χ2v) is 24.1. The van der Waals surface area contributed by atoms with Crippen LogP contribution < -0.4 is 24.4 Å². The van der Waals surface area contributed by atoms with E-state index in [1.54, 1.807) is 62.4 Å². The highest BCUT2D eigenvalue weighted by Crippen LogP contribution is 2.39. The van der Waals surface area contributed by atoms with Crippen LogP contribution in [0.15, 0.2) is 125 Å². The van der Waals surface area contributed by atoms with E-state index in [4.69, 9.17) is 30.5 Å². The van der Waals surface area contributed by atoms with Crippen LogP contribution in [0.5, 0.6) is 5.75 Å². The van der Waals surface area contributed by atoms with Crippen LogP contribution in [0.1, 0.15) is 94.2 Å². The molecule has 7 rings (SSSR count). The smallest absolute Gasteiger partial charge is 0.415 e. The zero-order valence-corrected chi connectivity index (χ0v) is 46.1. The third kappa shape index (κ3) is 13.0. The normalized spacial score (nSPS) is 13.1. The Bertz CT molecular complexity index is 3690. The topological polar surface area (TPSA) is 227 Å². The molecule has 0 fully saturated rings. The Morgan fingerprint density at radius 2 is 1.59 bits per heavy atom. The van der Waals surface area contributed by atoms with Gasteiger partial charge in [0.25, 0.3) is 15.9 Å². The first-order chi connectivity index (χ1) is 35.7. The number of carbonyl (C=O) groups excluding carboxylic acids is 3. The van der Waals surface area contributed by atoms with E-state index in [2.05, 4.69) is 55.4 Å². The molecule has 2 amide bonds. The largest absolute Gasteiger partial charge is 0.497 e. The molecular formula is C57H59ClN6O10S2. The van der Waals surface area contributed by atoms with Crippen LogP contribution >= 0.6 is 11.6 Å². The number of benzene rings is 6. The van der Waals surface area contributed by atoms with Gasteiger partial charge in [0.2, 0.25) is 27.8 Å². The summed E-state index contributed by atoms with van der Waals surface area (Å²) >= 11 is 6.58. The maximum atomic E-state index is 14.5. The van der Waals surface area contributed by atoms with Crippen molar-refractivity contribution in [1.29, 1.82) is 5.26 Å². The van der Waals surface area contributed by atoms with E-state index < -0.39 is 50.0 Å². The molecule has 2 unspecified atom stereocenters. The lowest BCUT2D eigenvalue weighted by Crippen LogP contribution is -2.46. The summed E-state index contributed by atoms with van der Waals surface area (Å²) in [6, 6.07) is 31.7. The van der Waals surface area contributed by atoms with Crippen LogP contribution in [0.4, 0.5) is 27.5 Å². The van der Waals surface area contributed by atoms with Crippen molar-refractivity contribution in [2.24, 2.45) is 5.41 Å². The third-order valence-corrected chi connectivity index (χ3v) is 14.9. The molecule has 6 aromatic carbocycles. The van der Waals surface area contributed by atoms with Crippen molar-refractivity contribution in [2.75, 3.05) is 33.0 Å². The molecule has 19 heteroatoms. The Morgan fingerprint density at radius 3 is 2.24 bits per heavy atom. The van der Waals surface area contributed by atoms with Gasteiger partial charge >= 0.3 is 6.09 Å². The molecule has 0 aliphatic carbocycles. The molecule has 1 aromatic heterocycles. The van der Waals surface area contributed by atoms with E-state index in [0.29, 0.717) is 45.5 Å². The number of sulfonamides is 2. The standard InChI is InChI=1S/C57H59ClN6O10S2/c1-11-35(3)64(42-22-16-38(34(2)28-42)29-39(32-59)54-61-48-30-40(20-27-49(48)73-54)57(7,8)33-56(4,5)6)55(67)74-51(50(65)37-17-23-43(72-9)24-18-37)53(66)60-47-31-41(21-25-45(47)58)62-76(70,71)52-44-15-13-12-14-36(44)19-26-46(52)63-75(10,68)69/h12-31,35,51,62-63H,11,33H2,1-10H3,(H,60,66). The Morgan fingerprint density at radius 1 is 0.882 bits per heavy atom. The lowest BCUT2D eigenvalue weighted by molar-refractivity contribution is -0.122. The predicted molar refractivity (Wildman–Crippen MR) is 299 cm³/mol. The van der Waals surface area contributed by atoms with Crippen LogP contribution in [0.25, 0.3) is 33.5 Å². The van der Waals surface area contributed by atoms with Crippen LogP contribution in [0.2, 0.25) is 5.02 Å². The number of allylic oxidation sites excluding steroid dienone is 1. The monoisotopic (exact) mass is 1090 g/mol. The first-order valence-electron chi connectivity index (χ1n) is 24.2. The van der Waals surface area contributed by atoms with Crippen LogP contribution in [-0.4, -0.2) is 65.1 Å². The summed E-state index contributed by atoms with van der Waals surface area (Å²) in [7, 11) is -7.06. The first kappa shape index (κ1) is 56.0. The van der Waals surface area contributed by atoms with Gasteiger partial charge in [0.15, 0.2) is 5.58 Å².